The second-order valence-electron chi connectivity index (χ2n) is 1.61. The summed E-state index contributed by atoms with van der Waals surface area (Å²) in [6.07, 6.45) is 0. The van der Waals surface area contributed by atoms with Crippen molar-refractivity contribution in [3.05, 3.63) is 12.2 Å². The topological polar surface area (TPSA) is 74.6 Å². The van der Waals surface area contributed by atoms with Crippen LogP contribution in [0, 0.1) is 0 Å². The summed E-state index contributed by atoms with van der Waals surface area (Å²) in [4.78, 5) is 18.8. The van der Waals surface area contributed by atoms with Crippen molar-refractivity contribution in [2.45, 2.75) is 6.92 Å². The molecule has 4 nitrogen and oxygen atoms in total. The maximum Gasteiger partial charge on any atom is 2.00 e. The van der Waals surface area contributed by atoms with Crippen LogP contribution in [-0.2, 0) is 9.59 Å². The maximum atomic E-state index is 9.60. The van der Waals surface area contributed by atoms with Crippen LogP contribution in [0.25, 0.3) is 0 Å². The molecule has 12 heavy (non-hydrogen) atoms. The van der Waals surface area contributed by atoms with E-state index >= 15 is 0 Å². The van der Waals surface area contributed by atoms with Crippen LogP contribution >= 0.6 is 11.6 Å². The molecule has 0 bridgehead atoms. The molecule has 0 fully saturated rings. The Hall–Kier alpha value is -0.264. The number of aliphatic carboxylic acids is 2. The summed E-state index contributed by atoms with van der Waals surface area (Å²) in [5.41, 5.74) is 0.176. The first kappa shape index (κ1) is 17.7. The number of rotatable bonds is 2. The third-order valence-electron chi connectivity index (χ3n) is 0.479. The molecule has 0 spiro atoms. The zero-order valence-corrected chi connectivity index (χ0v) is 8.88. The van der Waals surface area contributed by atoms with E-state index in [4.69, 9.17) is 21.8 Å². The summed E-state index contributed by atoms with van der Waals surface area (Å²) in [5, 5.41) is 15.5. The molecule has 0 saturated heterocycles. The average molecular weight is 207 g/mol. The van der Waals surface area contributed by atoms with E-state index in [0.717, 1.165) is 0 Å². The molecule has 6 heteroatoms. The van der Waals surface area contributed by atoms with E-state index in [1.54, 1.807) is 0 Å². The van der Waals surface area contributed by atoms with Gasteiger partial charge in [-0.3, -0.25) is 4.79 Å². The quantitative estimate of drug-likeness (QED) is 0.399. The molecule has 0 amide bonds. The normalized spacial score (nSPS) is 6.83. The fourth-order valence-corrected chi connectivity index (χ4v) is 0. The zero-order chi connectivity index (χ0) is 9.44. The summed E-state index contributed by atoms with van der Waals surface area (Å²) in [7, 11) is 0. The molecule has 0 aliphatic heterocycles. The van der Waals surface area contributed by atoms with Crippen molar-refractivity contribution in [2.75, 3.05) is 5.88 Å². The minimum Gasteiger partial charge on any atom is -1.00 e. The number of hydrogen-bond acceptors (Lipinski definition) is 2. The first-order chi connectivity index (χ1) is 4.91. The van der Waals surface area contributed by atoms with E-state index < -0.39 is 11.9 Å². The van der Waals surface area contributed by atoms with E-state index in [0.29, 0.717) is 0 Å². The van der Waals surface area contributed by atoms with Gasteiger partial charge in [-0.25, -0.2) is 4.79 Å². The van der Waals surface area contributed by atoms with E-state index in [9.17, 15) is 9.59 Å². The zero-order valence-electron chi connectivity index (χ0n) is 8.71. The Labute approximate surface area is 94.3 Å². The van der Waals surface area contributed by atoms with Crippen molar-refractivity contribution in [3.8, 4) is 0 Å². The van der Waals surface area contributed by atoms with Gasteiger partial charge < -0.3 is 13.1 Å². The van der Waals surface area contributed by atoms with Crippen LogP contribution < -0.4 is 0 Å². The molecule has 0 unspecified atom stereocenters. The van der Waals surface area contributed by atoms with Gasteiger partial charge in [0.2, 0.25) is 0 Å². The predicted molar refractivity (Wildman–Crippen MR) is 48.8 cm³/mol. The van der Waals surface area contributed by atoms with Gasteiger partial charge in [0.1, 0.15) is 5.88 Å². The summed E-state index contributed by atoms with van der Waals surface area (Å²) in [6, 6.07) is 0. The first-order valence-electron chi connectivity index (χ1n) is 2.58. The minimum absolute atomic E-state index is 0. The van der Waals surface area contributed by atoms with Crippen LogP contribution in [0.3, 0.4) is 0 Å². The third kappa shape index (κ3) is 22.6. The van der Waals surface area contributed by atoms with Crippen LogP contribution in [0.1, 0.15) is 9.78 Å². The van der Waals surface area contributed by atoms with Crippen molar-refractivity contribution in [1.82, 2.24) is 0 Å². The Bertz CT molecular complexity index is 165. The number of halogens is 1. The standard InChI is InChI=1S/C4H6O2.C2H3ClO2.Mg.2H/c1-3(2)4(5)6;3-1-2(4)5;;;/h1H2,2H3,(H,5,6);1H2,(H,4,5);;;/q;;+2;2*-1. The Morgan fingerprint density at radius 1 is 1.50 bits per heavy atom. The molecule has 0 aliphatic carbocycles. The van der Waals surface area contributed by atoms with Gasteiger partial charge in [0.15, 0.2) is 0 Å². The summed E-state index contributed by atoms with van der Waals surface area (Å²) < 4.78 is 0. The van der Waals surface area contributed by atoms with Crippen molar-refractivity contribution in [3.63, 3.8) is 0 Å². The van der Waals surface area contributed by atoms with Crippen molar-refractivity contribution in [2.24, 2.45) is 0 Å². The summed E-state index contributed by atoms with van der Waals surface area (Å²) in [5.74, 6) is -2.22. The number of carbonyl (C=O) groups is 2. The van der Waals surface area contributed by atoms with Crippen molar-refractivity contribution in [1.29, 1.82) is 0 Å². The average Bonchev–Trinajstić information content (AvgIpc) is 1.89. The molecule has 0 saturated carbocycles. The molecule has 0 aromatic carbocycles. The maximum absolute atomic E-state index is 9.60. The van der Waals surface area contributed by atoms with Gasteiger partial charge >= 0.3 is 35.0 Å². The minimum atomic E-state index is -0.980. The molecular formula is C6H11ClMgO4. The van der Waals surface area contributed by atoms with Gasteiger partial charge in [-0.05, 0) is 6.92 Å². The smallest absolute Gasteiger partial charge is 1.00 e. The summed E-state index contributed by atoms with van der Waals surface area (Å²) >= 11 is 4.74. The van der Waals surface area contributed by atoms with E-state index in [1.807, 2.05) is 0 Å². The molecule has 0 atom stereocenters. The molecule has 2 N–H and O–H groups in total. The Balaban J connectivity index is -0.0000000321. The molecule has 68 valence electrons. The van der Waals surface area contributed by atoms with Crippen LogP contribution in [0.5, 0.6) is 0 Å². The molecule has 0 rings (SSSR count). The fourth-order valence-electron chi connectivity index (χ4n) is 0. The molecular weight excluding hydrogens is 196 g/mol. The van der Waals surface area contributed by atoms with Gasteiger partial charge in [-0.2, -0.15) is 0 Å². The van der Waals surface area contributed by atoms with Gasteiger partial charge in [-0.15, -0.1) is 11.6 Å². The number of carboxylic acids is 2. The number of hydrogen-bond donors (Lipinski definition) is 2. The molecule has 0 aliphatic rings. The van der Waals surface area contributed by atoms with E-state index in [-0.39, 0.29) is 37.4 Å². The molecule has 0 aromatic heterocycles. The first-order valence-corrected chi connectivity index (χ1v) is 3.11. The Morgan fingerprint density at radius 2 is 1.67 bits per heavy atom. The van der Waals surface area contributed by atoms with E-state index in [2.05, 4.69) is 6.58 Å². The van der Waals surface area contributed by atoms with Crippen molar-refractivity contribution >= 4 is 46.6 Å². The second kappa shape index (κ2) is 10.7. The second-order valence-corrected chi connectivity index (χ2v) is 1.88. The summed E-state index contributed by atoms with van der Waals surface area (Å²) in [6.45, 7) is 4.60. The van der Waals surface area contributed by atoms with Gasteiger partial charge in [0, 0.05) is 5.57 Å². The SMILES string of the molecule is C=C(C)C(=O)O.O=C(O)CCl.[H-].[H-].[Mg+2]. The monoisotopic (exact) mass is 206 g/mol. The van der Waals surface area contributed by atoms with Gasteiger partial charge in [0.25, 0.3) is 0 Å². The van der Waals surface area contributed by atoms with Gasteiger partial charge in [0.05, 0.1) is 0 Å². The van der Waals surface area contributed by atoms with Crippen LogP contribution in [0.2, 0.25) is 0 Å². The Morgan fingerprint density at radius 3 is 1.67 bits per heavy atom. The predicted octanol–water partition coefficient (Wildman–Crippen LogP) is 0.801. The molecule has 0 radical (unpaired) electrons. The van der Waals surface area contributed by atoms with Crippen LogP contribution in [-0.4, -0.2) is 51.1 Å². The molecule has 0 aromatic rings. The third-order valence-corrected chi connectivity index (χ3v) is 0.708. The van der Waals surface area contributed by atoms with Crippen LogP contribution in [0.15, 0.2) is 12.2 Å². The Kier molecular flexibility index (Phi) is 15.9. The fraction of sp³-hybridized carbons (Fsp3) is 0.333. The van der Waals surface area contributed by atoms with Gasteiger partial charge in [-0.1, -0.05) is 6.58 Å². The number of alkyl halides is 1. The van der Waals surface area contributed by atoms with E-state index in [1.165, 1.54) is 6.92 Å². The number of carboxylic acid groups (broad SMARTS) is 2. The van der Waals surface area contributed by atoms with Crippen LogP contribution in [0.4, 0.5) is 0 Å². The largest absolute Gasteiger partial charge is 2.00 e. The molecule has 0 heterocycles. The van der Waals surface area contributed by atoms with Crippen molar-refractivity contribution < 1.29 is 22.7 Å².